The van der Waals surface area contributed by atoms with Gasteiger partial charge < -0.3 is 15.1 Å². The minimum atomic E-state index is 0.102. The second-order valence-electron chi connectivity index (χ2n) is 6.96. The molecule has 0 unspecified atom stereocenters. The Morgan fingerprint density at radius 1 is 1.10 bits per heavy atom. The van der Waals surface area contributed by atoms with Gasteiger partial charge in [0, 0.05) is 36.4 Å². The van der Waals surface area contributed by atoms with E-state index in [2.05, 4.69) is 75.2 Å². The molecule has 1 rings (SSSR count). The number of nitrogens with one attached hydrogen (secondary N) is 1. The molecule has 0 saturated heterocycles. The van der Waals surface area contributed by atoms with E-state index in [1.54, 1.807) is 0 Å². The first-order valence-corrected chi connectivity index (χ1v) is 7.96. The average molecular weight is 312 g/mol. The van der Waals surface area contributed by atoms with Gasteiger partial charge in [0.05, 0.1) is 0 Å². The van der Waals surface area contributed by atoms with Crippen LogP contribution in [0.5, 0.6) is 0 Å². The largest absolute Gasteiger partial charge is 0.375 e. The van der Waals surface area contributed by atoms with Crippen LogP contribution in [-0.4, -0.2) is 44.7 Å². The number of halogens is 1. The van der Waals surface area contributed by atoms with Crippen molar-refractivity contribution in [2.24, 2.45) is 0 Å². The zero-order valence-electron chi connectivity index (χ0n) is 14.3. The summed E-state index contributed by atoms with van der Waals surface area (Å²) in [4.78, 5) is 4.47. The van der Waals surface area contributed by atoms with E-state index in [-0.39, 0.29) is 5.54 Å². The molecule has 0 aliphatic heterocycles. The maximum absolute atomic E-state index is 6.41. The molecule has 1 N–H and O–H groups in total. The monoisotopic (exact) mass is 311 g/mol. The molecule has 1 aromatic carbocycles. The van der Waals surface area contributed by atoms with Gasteiger partial charge in [0.2, 0.25) is 0 Å². The van der Waals surface area contributed by atoms with E-state index in [9.17, 15) is 0 Å². The van der Waals surface area contributed by atoms with Crippen LogP contribution in [0, 0.1) is 0 Å². The van der Waals surface area contributed by atoms with Crippen molar-refractivity contribution in [3.8, 4) is 0 Å². The van der Waals surface area contributed by atoms with E-state index in [1.165, 1.54) is 5.69 Å². The van der Waals surface area contributed by atoms with Crippen molar-refractivity contribution in [1.82, 2.24) is 10.2 Å². The van der Waals surface area contributed by atoms with Crippen LogP contribution in [0.25, 0.3) is 0 Å². The van der Waals surface area contributed by atoms with Gasteiger partial charge in [-0.2, -0.15) is 0 Å². The Kier molecular flexibility index (Phi) is 6.98. The van der Waals surface area contributed by atoms with Crippen molar-refractivity contribution in [3.05, 3.63) is 28.8 Å². The molecule has 0 amide bonds. The maximum atomic E-state index is 6.41. The second kappa shape index (κ2) is 8.02. The van der Waals surface area contributed by atoms with Gasteiger partial charge >= 0.3 is 0 Å². The predicted molar refractivity (Wildman–Crippen MR) is 94.5 cm³/mol. The molecule has 4 heteroatoms. The summed E-state index contributed by atoms with van der Waals surface area (Å²) >= 11 is 6.41. The number of anilines is 1. The molecule has 0 fully saturated rings. The lowest BCUT2D eigenvalue weighted by Crippen LogP contribution is -2.35. The van der Waals surface area contributed by atoms with Crippen molar-refractivity contribution < 1.29 is 0 Å². The Hall–Kier alpha value is -0.770. The molecule has 0 heterocycles. The molecule has 3 nitrogen and oxygen atoms in total. The molecule has 0 radical (unpaired) electrons. The van der Waals surface area contributed by atoms with Gasteiger partial charge in [-0.05, 0) is 65.5 Å². The highest BCUT2D eigenvalue weighted by molar-refractivity contribution is 6.31. The third-order valence-corrected chi connectivity index (χ3v) is 3.74. The predicted octanol–water partition coefficient (Wildman–Crippen LogP) is 3.62. The summed E-state index contributed by atoms with van der Waals surface area (Å²) in [7, 11) is 6.33. The summed E-state index contributed by atoms with van der Waals surface area (Å²) in [5.41, 5.74) is 2.43. The SMILES string of the molecule is CN(C)CCCN(C)c1ccc(CNC(C)(C)C)c(Cl)c1. The summed E-state index contributed by atoms with van der Waals surface area (Å²) in [6.45, 7) is 9.42. The Balaban J connectivity index is 2.60. The fourth-order valence-corrected chi connectivity index (χ4v) is 2.27. The number of rotatable bonds is 7. The van der Waals surface area contributed by atoms with E-state index in [0.29, 0.717) is 0 Å². The maximum Gasteiger partial charge on any atom is 0.0471 e. The van der Waals surface area contributed by atoms with E-state index in [1.807, 2.05) is 0 Å². The van der Waals surface area contributed by atoms with Crippen molar-refractivity contribution in [2.75, 3.05) is 39.1 Å². The van der Waals surface area contributed by atoms with Crippen LogP contribution in [-0.2, 0) is 6.54 Å². The van der Waals surface area contributed by atoms with Crippen molar-refractivity contribution >= 4 is 17.3 Å². The summed E-state index contributed by atoms with van der Waals surface area (Å²) in [6.07, 6.45) is 1.15. The highest BCUT2D eigenvalue weighted by Crippen LogP contribution is 2.23. The van der Waals surface area contributed by atoms with Gasteiger partial charge in [-0.3, -0.25) is 0 Å². The lowest BCUT2D eigenvalue weighted by Gasteiger charge is -2.23. The lowest BCUT2D eigenvalue weighted by molar-refractivity contribution is 0.401. The van der Waals surface area contributed by atoms with E-state index >= 15 is 0 Å². The fourth-order valence-electron chi connectivity index (χ4n) is 2.03. The topological polar surface area (TPSA) is 18.5 Å². The molecule has 0 aliphatic rings. The molecule has 0 spiro atoms. The normalized spacial score (nSPS) is 12.0. The molecule has 1 aromatic rings. The summed E-state index contributed by atoms with van der Waals surface area (Å²) in [6, 6.07) is 6.34. The standard InChI is InChI=1S/C17H30ClN3/c1-17(2,3)19-13-14-8-9-15(12-16(14)18)21(6)11-7-10-20(4)5/h8-9,12,19H,7,10-11,13H2,1-6H3. The molecule has 0 aliphatic carbocycles. The number of benzene rings is 1. The van der Waals surface area contributed by atoms with Crippen LogP contribution in [0.4, 0.5) is 5.69 Å². The van der Waals surface area contributed by atoms with Crippen molar-refractivity contribution in [2.45, 2.75) is 39.3 Å². The molecule has 0 saturated carbocycles. The van der Waals surface area contributed by atoms with Crippen LogP contribution < -0.4 is 10.2 Å². The molecule has 120 valence electrons. The third-order valence-electron chi connectivity index (χ3n) is 3.39. The zero-order chi connectivity index (χ0) is 16.0. The van der Waals surface area contributed by atoms with Gasteiger partial charge in [0.25, 0.3) is 0 Å². The molecule has 0 atom stereocenters. The minimum Gasteiger partial charge on any atom is -0.375 e. The quantitative estimate of drug-likeness (QED) is 0.830. The van der Waals surface area contributed by atoms with Crippen molar-refractivity contribution in [3.63, 3.8) is 0 Å². The Morgan fingerprint density at radius 3 is 2.29 bits per heavy atom. The van der Waals surface area contributed by atoms with E-state index < -0.39 is 0 Å². The average Bonchev–Trinajstić information content (AvgIpc) is 2.35. The van der Waals surface area contributed by atoms with E-state index in [0.717, 1.165) is 36.6 Å². The van der Waals surface area contributed by atoms with Crippen LogP contribution in [0.2, 0.25) is 5.02 Å². The Morgan fingerprint density at radius 2 is 1.76 bits per heavy atom. The first-order chi connectivity index (χ1) is 9.69. The minimum absolute atomic E-state index is 0.102. The first kappa shape index (κ1) is 18.3. The summed E-state index contributed by atoms with van der Waals surface area (Å²) in [5.74, 6) is 0. The molecule has 0 aromatic heterocycles. The van der Waals surface area contributed by atoms with Crippen molar-refractivity contribution in [1.29, 1.82) is 0 Å². The third kappa shape index (κ3) is 7.16. The molecule has 0 bridgehead atoms. The van der Waals surface area contributed by atoms with Crippen LogP contribution in [0.3, 0.4) is 0 Å². The Labute approximate surface area is 135 Å². The number of hydrogen-bond acceptors (Lipinski definition) is 3. The number of hydrogen-bond donors (Lipinski definition) is 1. The fraction of sp³-hybridized carbons (Fsp3) is 0.647. The number of nitrogens with zero attached hydrogens (tertiary/aromatic N) is 2. The summed E-state index contributed by atoms with van der Waals surface area (Å²) < 4.78 is 0. The smallest absolute Gasteiger partial charge is 0.0471 e. The van der Waals surface area contributed by atoms with Gasteiger partial charge in [0.1, 0.15) is 0 Å². The first-order valence-electron chi connectivity index (χ1n) is 7.58. The van der Waals surface area contributed by atoms with Crippen LogP contribution >= 0.6 is 11.6 Å². The zero-order valence-corrected chi connectivity index (χ0v) is 15.1. The molecular formula is C17H30ClN3. The van der Waals surface area contributed by atoms with Gasteiger partial charge in [-0.15, -0.1) is 0 Å². The molecule has 21 heavy (non-hydrogen) atoms. The van der Waals surface area contributed by atoms with Crippen LogP contribution in [0.1, 0.15) is 32.8 Å². The lowest BCUT2D eigenvalue weighted by atomic mass is 10.1. The van der Waals surface area contributed by atoms with Gasteiger partial charge in [-0.1, -0.05) is 17.7 Å². The van der Waals surface area contributed by atoms with Gasteiger partial charge in [0.15, 0.2) is 0 Å². The summed E-state index contributed by atoms with van der Waals surface area (Å²) in [5, 5.41) is 4.31. The highest BCUT2D eigenvalue weighted by atomic mass is 35.5. The van der Waals surface area contributed by atoms with E-state index in [4.69, 9.17) is 11.6 Å². The Bertz CT molecular complexity index is 438. The second-order valence-corrected chi connectivity index (χ2v) is 7.36. The van der Waals surface area contributed by atoms with Crippen LogP contribution in [0.15, 0.2) is 18.2 Å². The van der Waals surface area contributed by atoms with Gasteiger partial charge in [-0.25, -0.2) is 0 Å². The highest BCUT2D eigenvalue weighted by Gasteiger charge is 2.11. The molecular weight excluding hydrogens is 282 g/mol.